The predicted octanol–water partition coefficient (Wildman–Crippen LogP) is 4.72. The van der Waals surface area contributed by atoms with Gasteiger partial charge < -0.3 is 28.4 Å². The van der Waals surface area contributed by atoms with E-state index in [-0.39, 0.29) is 61.7 Å². The predicted molar refractivity (Wildman–Crippen MR) is 162 cm³/mol. The van der Waals surface area contributed by atoms with Crippen LogP contribution in [0.15, 0.2) is 0 Å². The number of carbonyl (C=O) groups is 6. The van der Waals surface area contributed by atoms with Gasteiger partial charge >= 0.3 is 35.8 Å². The van der Waals surface area contributed by atoms with Gasteiger partial charge in [0, 0.05) is 39.0 Å². The Morgan fingerprint density at radius 1 is 0.356 bits per heavy atom. The Morgan fingerprint density at radius 2 is 0.511 bits per heavy atom. The molecule has 6 atom stereocenters. The van der Waals surface area contributed by atoms with Gasteiger partial charge in [-0.05, 0) is 29.6 Å². The summed E-state index contributed by atoms with van der Waals surface area (Å²) < 4.78 is 34.8. The minimum absolute atomic E-state index is 0.0429. The molecule has 12 heteroatoms. The van der Waals surface area contributed by atoms with E-state index in [1.807, 2.05) is 0 Å². The highest BCUT2D eigenvalue weighted by atomic mass is 16.7. The third-order valence-electron chi connectivity index (χ3n) is 6.46. The van der Waals surface area contributed by atoms with Crippen LogP contribution in [-0.4, -0.2) is 72.4 Å². The van der Waals surface area contributed by atoms with E-state index in [0.717, 1.165) is 6.92 Å². The average molecular weight is 643 g/mol. The number of carbonyl (C=O) groups excluding carboxylic acids is 6. The lowest BCUT2D eigenvalue weighted by molar-refractivity contribution is -0.262. The summed E-state index contributed by atoms with van der Waals surface area (Å²) in [6, 6.07) is 0. The van der Waals surface area contributed by atoms with Crippen molar-refractivity contribution in [1.82, 2.24) is 0 Å². The first-order valence-corrected chi connectivity index (χ1v) is 15.9. The van der Waals surface area contributed by atoms with Gasteiger partial charge in [0.1, 0.15) is 0 Å². The zero-order valence-corrected chi connectivity index (χ0v) is 28.8. The molecule has 258 valence electrons. The smallest absolute Gasteiger partial charge is 0.306 e. The monoisotopic (exact) mass is 642 g/mol. The Labute approximate surface area is 267 Å². The molecule has 0 spiro atoms. The molecule has 0 saturated heterocycles. The van der Waals surface area contributed by atoms with E-state index in [1.54, 1.807) is 69.2 Å². The second-order valence-electron chi connectivity index (χ2n) is 13.8. The van der Waals surface area contributed by atoms with Crippen molar-refractivity contribution in [2.45, 2.75) is 145 Å². The van der Waals surface area contributed by atoms with Crippen molar-refractivity contribution in [3.05, 3.63) is 0 Å². The molecule has 0 amide bonds. The number of hydrogen-bond acceptors (Lipinski definition) is 12. The number of ether oxygens (including phenoxy) is 6. The van der Waals surface area contributed by atoms with Crippen LogP contribution in [0.25, 0.3) is 0 Å². The second kappa shape index (κ2) is 18.7. The van der Waals surface area contributed by atoms with Gasteiger partial charge in [-0.15, -0.1) is 0 Å². The average Bonchev–Trinajstić information content (AvgIpc) is 2.82. The summed E-state index contributed by atoms with van der Waals surface area (Å²) in [5, 5.41) is 0. The molecule has 0 aliphatic heterocycles. The minimum atomic E-state index is -1.58. The Morgan fingerprint density at radius 3 is 0.644 bits per heavy atom. The molecule has 0 heterocycles. The molecule has 1 aliphatic rings. The highest BCUT2D eigenvalue weighted by Crippen LogP contribution is 2.36. The summed E-state index contributed by atoms with van der Waals surface area (Å²) in [6.07, 6.45) is -9.69. The summed E-state index contributed by atoms with van der Waals surface area (Å²) in [5.41, 5.74) is 0. The fourth-order valence-corrected chi connectivity index (χ4v) is 4.78. The van der Waals surface area contributed by atoms with Crippen LogP contribution in [0.1, 0.15) is 108 Å². The summed E-state index contributed by atoms with van der Waals surface area (Å²) in [6.45, 7) is 19.1. The van der Waals surface area contributed by atoms with E-state index in [1.165, 1.54) is 0 Å². The zero-order chi connectivity index (χ0) is 34.6. The van der Waals surface area contributed by atoms with Crippen LogP contribution < -0.4 is 0 Å². The molecule has 0 aromatic carbocycles. The van der Waals surface area contributed by atoms with Crippen LogP contribution in [0.4, 0.5) is 0 Å². The number of esters is 6. The van der Waals surface area contributed by atoms with Crippen LogP contribution in [0, 0.1) is 29.6 Å². The normalized spacial score (nSPS) is 23.2. The Hall–Kier alpha value is -3.18. The molecule has 1 rings (SSSR count). The molecule has 1 saturated carbocycles. The van der Waals surface area contributed by atoms with Gasteiger partial charge in [0.2, 0.25) is 0 Å². The lowest BCUT2D eigenvalue weighted by Gasteiger charge is -2.47. The lowest BCUT2D eigenvalue weighted by Crippen LogP contribution is -2.69. The molecule has 0 radical (unpaired) electrons. The third-order valence-corrected chi connectivity index (χ3v) is 6.46. The maximum Gasteiger partial charge on any atom is 0.306 e. The Bertz CT molecular complexity index is 955. The first kappa shape index (κ1) is 39.8. The van der Waals surface area contributed by atoms with Crippen LogP contribution >= 0.6 is 0 Å². The van der Waals surface area contributed by atoms with Crippen LogP contribution in [0.2, 0.25) is 0 Å². The van der Waals surface area contributed by atoms with Crippen molar-refractivity contribution in [3.63, 3.8) is 0 Å². The molecule has 1 aliphatic carbocycles. The van der Waals surface area contributed by atoms with Gasteiger partial charge in [0.15, 0.2) is 36.6 Å². The van der Waals surface area contributed by atoms with E-state index in [4.69, 9.17) is 28.4 Å². The van der Waals surface area contributed by atoms with Crippen molar-refractivity contribution in [2.75, 3.05) is 0 Å². The highest BCUT2D eigenvalue weighted by molar-refractivity contribution is 5.74. The van der Waals surface area contributed by atoms with Crippen molar-refractivity contribution < 1.29 is 57.2 Å². The van der Waals surface area contributed by atoms with E-state index in [0.29, 0.717) is 0 Å². The van der Waals surface area contributed by atoms with Crippen molar-refractivity contribution in [3.8, 4) is 0 Å². The minimum Gasteiger partial charge on any atom is -0.454 e. The summed E-state index contributed by atoms with van der Waals surface area (Å²) in [4.78, 5) is 78.0. The van der Waals surface area contributed by atoms with E-state index < -0.39 is 72.4 Å². The van der Waals surface area contributed by atoms with Gasteiger partial charge in [-0.2, -0.15) is 0 Å². The molecule has 0 N–H and O–H groups in total. The summed E-state index contributed by atoms with van der Waals surface area (Å²) in [7, 11) is 0. The van der Waals surface area contributed by atoms with Crippen molar-refractivity contribution >= 4 is 35.8 Å². The van der Waals surface area contributed by atoms with Gasteiger partial charge in [0.05, 0.1) is 0 Å². The number of hydrogen-bond donors (Lipinski definition) is 0. The zero-order valence-electron chi connectivity index (χ0n) is 28.8. The van der Waals surface area contributed by atoms with Gasteiger partial charge in [-0.25, -0.2) is 0 Å². The first-order valence-electron chi connectivity index (χ1n) is 15.9. The van der Waals surface area contributed by atoms with Gasteiger partial charge in [-0.1, -0.05) is 69.2 Å². The van der Waals surface area contributed by atoms with E-state index in [2.05, 4.69) is 0 Å². The molecule has 45 heavy (non-hydrogen) atoms. The Balaban J connectivity index is 3.97. The maximum absolute atomic E-state index is 13.1. The molecular formula is C33H54O12. The molecular weight excluding hydrogens is 588 g/mol. The largest absolute Gasteiger partial charge is 0.454 e. The molecule has 2 unspecified atom stereocenters. The summed E-state index contributed by atoms with van der Waals surface area (Å²) in [5.74, 6) is -5.03. The first-order chi connectivity index (χ1) is 20.8. The molecule has 0 bridgehead atoms. The third kappa shape index (κ3) is 14.6. The molecule has 0 aromatic rings. The fourth-order valence-electron chi connectivity index (χ4n) is 4.78. The van der Waals surface area contributed by atoms with E-state index >= 15 is 0 Å². The number of rotatable bonds is 16. The molecule has 12 nitrogen and oxygen atoms in total. The second-order valence-corrected chi connectivity index (χ2v) is 13.8. The van der Waals surface area contributed by atoms with E-state index in [9.17, 15) is 28.8 Å². The standard InChI is InChI=1S/C33H54O12/c1-17(2)12-23(35)41-29-28(40-22(11)34)30(42-24(36)13-18(3)4)32(44-26(38)15-20(7)8)33(45-27(39)16-21(9)10)31(29)43-25(37)14-19(5)6/h17-21,28-33H,12-16H2,1-11H3/t28?,29-,30+,31+,32-,33?. The fraction of sp³-hybridized carbons (Fsp3) is 0.818. The van der Waals surface area contributed by atoms with Crippen molar-refractivity contribution in [1.29, 1.82) is 0 Å². The van der Waals surface area contributed by atoms with Gasteiger partial charge in [-0.3, -0.25) is 28.8 Å². The summed E-state index contributed by atoms with van der Waals surface area (Å²) >= 11 is 0. The Kier molecular flexibility index (Phi) is 16.6. The molecule has 1 fully saturated rings. The quantitative estimate of drug-likeness (QED) is 0.169. The highest BCUT2D eigenvalue weighted by Gasteiger charge is 2.61. The maximum atomic E-state index is 13.1. The SMILES string of the molecule is CC(=O)OC1[C@@H](OC(=O)CC(C)C)[C@H](OC(=O)CC(C)C)C(OC(=O)CC(C)C)[C@H](OC(=O)CC(C)C)[C@H]1OC(=O)CC(C)C. The van der Waals surface area contributed by atoms with Crippen LogP contribution in [0.3, 0.4) is 0 Å². The lowest BCUT2D eigenvalue weighted by atomic mass is 9.83. The molecule has 0 aromatic heterocycles. The topological polar surface area (TPSA) is 158 Å². The van der Waals surface area contributed by atoms with Crippen LogP contribution in [-0.2, 0) is 57.2 Å². The van der Waals surface area contributed by atoms with Crippen LogP contribution in [0.5, 0.6) is 0 Å². The van der Waals surface area contributed by atoms with Crippen molar-refractivity contribution in [2.24, 2.45) is 29.6 Å². The van der Waals surface area contributed by atoms with Gasteiger partial charge in [0.25, 0.3) is 0 Å².